The number of hydrogen-bond acceptors (Lipinski definition) is 5. The minimum absolute atomic E-state index is 0.280. The standard InChI is InChI=1S/C10H22N4O2/c1-2-16-8-7-13-3-5-14(6-4-13)9-10(11)12-15/h15H,2-9H2,1H3,(H2,11,12). The highest BCUT2D eigenvalue weighted by molar-refractivity contribution is 5.81. The van der Waals surface area contributed by atoms with E-state index in [0.717, 1.165) is 45.9 Å². The number of amidine groups is 1. The van der Waals surface area contributed by atoms with E-state index in [9.17, 15) is 0 Å². The Bertz CT molecular complexity index is 215. The fraction of sp³-hybridized carbons (Fsp3) is 0.900. The second kappa shape index (κ2) is 7.43. The molecule has 0 saturated carbocycles. The molecule has 0 spiro atoms. The Kier molecular flexibility index (Phi) is 6.14. The predicted molar refractivity (Wildman–Crippen MR) is 62.8 cm³/mol. The van der Waals surface area contributed by atoms with Crippen LogP contribution in [0.4, 0.5) is 0 Å². The van der Waals surface area contributed by atoms with Gasteiger partial charge in [0, 0.05) is 39.3 Å². The van der Waals surface area contributed by atoms with Crippen molar-refractivity contribution in [3.8, 4) is 0 Å². The largest absolute Gasteiger partial charge is 0.409 e. The Labute approximate surface area is 96.6 Å². The molecular weight excluding hydrogens is 208 g/mol. The number of nitrogens with zero attached hydrogens (tertiary/aromatic N) is 3. The second-order valence-corrected chi connectivity index (χ2v) is 3.91. The number of piperazine rings is 1. The zero-order valence-corrected chi connectivity index (χ0v) is 9.93. The summed E-state index contributed by atoms with van der Waals surface area (Å²) in [4.78, 5) is 4.56. The zero-order chi connectivity index (χ0) is 11.8. The highest BCUT2D eigenvalue weighted by Crippen LogP contribution is 2.00. The van der Waals surface area contributed by atoms with Crippen molar-refractivity contribution in [3.05, 3.63) is 0 Å². The summed E-state index contributed by atoms with van der Waals surface area (Å²) in [6, 6.07) is 0. The summed E-state index contributed by atoms with van der Waals surface area (Å²) in [6.45, 7) is 9.10. The van der Waals surface area contributed by atoms with Crippen molar-refractivity contribution in [2.24, 2.45) is 10.9 Å². The number of ether oxygens (including phenoxy) is 1. The van der Waals surface area contributed by atoms with E-state index in [4.69, 9.17) is 15.7 Å². The maximum absolute atomic E-state index is 8.47. The number of oxime groups is 1. The SMILES string of the molecule is CCOCCN1CCN(CC(N)=NO)CC1. The van der Waals surface area contributed by atoms with Gasteiger partial charge in [0.2, 0.25) is 0 Å². The van der Waals surface area contributed by atoms with Crippen LogP contribution < -0.4 is 5.73 Å². The number of nitrogens with two attached hydrogens (primary N) is 1. The lowest BCUT2D eigenvalue weighted by Gasteiger charge is -2.34. The van der Waals surface area contributed by atoms with Gasteiger partial charge in [-0.15, -0.1) is 0 Å². The second-order valence-electron chi connectivity index (χ2n) is 3.91. The third-order valence-corrected chi connectivity index (χ3v) is 2.73. The molecular formula is C10H22N4O2. The Hall–Kier alpha value is -0.850. The Morgan fingerprint density at radius 2 is 1.94 bits per heavy atom. The first-order valence-electron chi connectivity index (χ1n) is 5.75. The van der Waals surface area contributed by atoms with Gasteiger partial charge in [-0.1, -0.05) is 5.16 Å². The average molecular weight is 230 g/mol. The fourth-order valence-electron chi connectivity index (χ4n) is 1.77. The van der Waals surface area contributed by atoms with Crippen LogP contribution in [-0.2, 0) is 4.74 Å². The zero-order valence-electron chi connectivity index (χ0n) is 9.93. The summed E-state index contributed by atoms with van der Waals surface area (Å²) in [7, 11) is 0. The van der Waals surface area contributed by atoms with E-state index in [1.807, 2.05) is 6.92 Å². The molecule has 1 aliphatic heterocycles. The quantitative estimate of drug-likeness (QED) is 0.209. The summed E-state index contributed by atoms with van der Waals surface area (Å²) < 4.78 is 5.32. The minimum atomic E-state index is 0.280. The van der Waals surface area contributed by atoms with Gasteiger partial charge in [0.15, 0.2) is 5.84 Å². The van der Waals surface area contributed by atoms with Crippen molar-refractivity contribution in [2.75, 3.05) is 52.5 Å². The normalized spacial score (nSPS) is 20.2. The van der Waals surface area contributed by atoms with Crippen molar-refractivity contribution in [2.45, 2.75) is 6.92 Å². The Balaban J connectivity index is 2.13. The summed E-state index contributed by atoms with van der Waals surface area (Å²) in [5.74, 6) is 0.280. The minimum Gasteiger partial charge on any atom is -0.409 e. The summed E-state index contributed by atoms with van der Waals surface area (Å²) >= 11 is 0. The summed E-state index contributed by atoms with van der Waals surface area (Å²) in [6.07, 6.45) is 0. The van der Waals surface area contributed by atoms with Crippen molar-refractivity contribution >= 4 is 5.84 Å². The smallest absolute Gasteiger partial charge is 0.153 e. The van der Waals surface area contributed by atoms with Crippen molar-refractivity contribution in [3.63, 3.8) is 0 Å². The third kappa shape index (κ3) is 4.78. The molecule has 0 aromatic carbocycles. The molecule has 6 heteroatoms. The van der Waals surface area contributed by atoms with Gasteiger partial charge >= 0.3 is 0 Å². The molecule has 0 aromatic heterocycles. The van der Waals surface area contributed by atoms with Crippen LogP contribution in [0, 0.1) is 0 Å². The van der Waals surface area contributed by atoms with Crippen LogP contribution in [0.3, 0.4) is 0 Å². The molecule has 0 amide bonds. The molecule has 0 atom stereocenters. The van der Waals surface area contributed by atoms with Gasteiger partial charge in [0.1, 0.15) is 0 Å². The van der Waals surface area contributed by atoms with E-state index in [2.05, 4.69) is 15.0 Å². The van der Waals surface area contributed by atoms with E-state index >= 15 is 0 Å². The monoisotopic (exact) mass is 230 g/mol. The van der Waals surface area contributed by atoms with Gasteiger partial charge in [-0.2, -0.15) is 0 Å². The molecule has 1 fully saturated rings. The lowest BCUT2D eigenvalue weighted by molar-refractivity contribution is 0.0852. The van der Waals surface area contributed by atoms with Crippen molar-refractivity contribution < 1.29 is 9.94 Å². The van der Waals surface area contributed by atoms with Gasteiger partial charge in [-0.25, -0.2) is 0 Å². The van der Waals surface area contributed by atoms with Crippen LogP contribution in [-0.4, -0.2) is 73.3 Å². The maximum atomic E-state index is 8.47. The van der Waals surface area contributed by atoms with E-state index in [-0.39, 0.29) is 5.84 Å². The lowest BCUT2D eigenvalue weighted by Crippen LogP contribution is -2.49. The molecule has 3 N–H and O–H groups in total. The topological polar surface area (TPSA) is 74.3 Å². The average Bonchev–Trinajstić information content (AvgIpc) is 2.31. The van der Waals surface area contributed by atoms with Crippen LogP contribution in [0.5, 0.6) is 0 Å². The summed E-state index contributed by atoms with van der Waals surface area (Å²) in [5, 5.41) is 11.5. The van der Waals surface area contributed by atoms with Crippen LogP contribution in [0.25, 0.3) is 0 Å². The molecule has 0 aromatic rings. The van der Waals surface area contributed by atoms with E-state index in [1.165, 1.54) is 0 Å². The van der Waals surface area contributed by atoms with E-state index in [1.54, 1.807) is 0 Å². The van der Waals surface area contributed by atoms with Gasteiger partial charge in [-0.3, -0.25) is 9.80 Å². The molecule has 0 radical (unpaired) electrons. The molecule has 16 heavy (non-hydrogen) atoms. The molecule has 0 aliphatic carbocycles. The molecule has 0 bridgehead atoms. The van der Waals surface area contributed by atoms with Crippen LogP contribution in [0.2, 0.25) is 0 Å². The first-order chi connectivity index (χ1) is 7.76. The van der Waals surface area contributed by atoms with Crippen LogP contribution >= 0.6 is 0 Å². The van der Waals surface area contributed by atoms with Gasteiger partial charge in [-0.05, 0) is 6.92 Å². The first kappa shape index (κ1) is 13.2. The molecule has 6 nitrogen and oxygen atoms in total. The molecule has 1 aliphatic rings. The Morgan fingerprint density at radius 1 is 1.31 bits per heavy atom. The number of rotatable bonds is 6. The first-order valence-corrected chi connectivity index (χ1v) is 5.75. The predicted octanol–water partition coefficient (Wildman–Crippen LogP) is -0.613. The molecule has 1 rings (SSSR count). The van der Waals surface area contributed by atoms with Crippen molar-refractivity contribution in [1.29, 1.82) is 0 Å². The maximum Gasteiger partial charge on any atom is 0.153 e. The highest BCUT2D eigenvalue weighted by atomic mass is 16.5. The Morgan fingerprint density at radius 3 is 2.50 bits per heavy atom. The molecule has 94 valence electrons. The van der Waals surface area contributed by atoms with E-state index < -0.39 is 0 Å². The van der Waals surface area contributed by atoms with Crippen LogP contribution in [0.15, 0.2) is 5.16 Å². The molecule has 0 unspecified atom stereocenters. The molecule has 1 heterocycles. The van der Waals surface area contributed by atoms with Crippen molar-refractivity contribution in [1.82, 2.24) is 9.80 Å². The third-order valence-electron chi connectivity index (χ3n) is 2.73. The van der Waals surface area contributed by atoms with Gasteiger partial charge in [0.25, 0.3) is 0 Å². The van der Waals surface area contributed by atoms with Gasteiger partial charge < -0.3 is 15.7 Å². The summed E-state index contributed by atoms with van der Waals surface area (Å²) in [5.41, 5.74) is 5.46. The lowest BCUT2D eigenvalue weighted by atomic mass is 10.3. The van der Waals surface area contributed by atoms with Gasteiger partial charge in [0.05, 0.1) is 13.2 Å². The highest BCUT2D eigenvalue weighted by Gasteiger charge is 2.16. The fourth-order valence-corrected chi connectivity index (χ4v) is 1.77. The number of hydrogen-bond donors (Lipinski definition) is 2. The van der Waals surface area contributed by atoms with Crippen LogP contribution in [0.1, 0.15) is 6.92 Å². The van der Waals surface area contributed by atoms with E-state index in [0.29, 0.717) is 6.54 Å². The molecule has 1 saturated heterocycles.